The Balaban J connectivity index is 1.64. The molecule has 3 rings (SSSR count). The third-order valence-corrected chi connectivity index (χ3v) is 4.51. The summed E-state index contributed by atoms with van der Waals surface area (Å²) in [7, 11) is 1.62. The maximum atomic E-state index is 11.5. The van der Waals surface area contributed by atoms with Gasteiger partial charge in [-0.25, -0.2) is 4.79 Å². The average molecular weight is 398 g/mol. The van der Waals surface area contributed by atoms with Gasteiger partial charge in [0.2, 0.25) is 5.89 Å². The van der Waals surface area contributed by atoms with E-state index in [1.807, 2.05) is 24.3 Å². The molecule has 0 aliphatic rings. The van der Waals surface area contributed by atoms with Crippen molar-refractivity contribution in [3.05, 3.63) is 70.5 Å². The van der Waals surface area contributed by atoms with E-state index < -0.39 is 5.97 Å². The predicted molar refractivity (Wildman–Crippen MR) is 104 cm³/mol. The highest BCUT2D eigenvalue weighted by Crippen LogP contribution is 2.28. The van der Waals surface area contributed by atoms with Crippen molar-refractivity contribution in [2.24, 2.45) is 0 Å². The van der Waals surface area contributed by atoms with E-state index in [2.05, 4.69) is 10.2 Å². The first-order valence-corrected chi connectivity index (χ1v) is 9.14. The van der Waals surface area contributed by atoms with Gasteiger partial charge in [-0.05, 0) is 53.2 Å². The summed E-state index contributed by atoms with van der Waals surface area (Å²) in [5.74, 6) is 0.791. The Kier molecular flexibility index (Phi) is 6.33. The van der Waals surface area contributed by atoms with Crippen molar-refractivity contribution < 1.29 is 23.8 Å². The fraction of sp³-hybridized carbons (Fsp3) is 0.150. The second-order valence-corrected chi connectivity index (χ2v) is 6.70. The van der Waals surface area contributed by atoms with E-state index in [9.17, 15) is 9.90 Å². The molecular weight excluding hydrogens is 380 g/mol. The van der Waals surface area contributed by atoms with Crippen LogP contribution in [0.3, 0.4) is 0 Å². The van der Waals surface area contributed by atoms with Gasteiger partial charge in [0.25, 0.3) is 5.22 Å². The van der Waals surface area contributed by atoms with Crippen LogP contribution in [0, 0.1) is 6.92 Å². The number of hydrogen-bond donors (Lipinski definition) is 1. The first-order chi connectivity index (χ1) is 13.5. The van der Waals surface area contributed by atoms with Crippen molar-refractivity contribution in [3.8, 4) is 11.5 Å². The summed E-state index contributed by atoms with van der Waals surface area (Å²) < 4.78 is 16.1. The highest BCUT2D eigenvalue weighted by atomic mass is 32.2. The molecule has 3 aromatic rings. The van der Waals surface area contributed by atoms with Gasteiger partial charge in [-0.3, -0.25) is 0 Å². The molecule has 0 bridgehead atoms. The van der Waals surface area contributed by atoms with Crippen molar-refractivity contribution in [2.75, 3.05) is 7.11 Å². The minimum Gasteiger partial charge on any atom is -0.497 e. The molecule has 144 valence electrons. The first kappa shape index (κ1) is 19.5. The van der Waals surface area contributed by atoms with E-state index in [-0.39, 0.29) is 10.1 Å². The van der Waals surface area contributed by atoms with E-state index in [4.69, 9.17) is 13.9 Å². The number of methoxy groups -OCH3 is 1. The number of ether oxygens (including phenoxy) is 2. The number of thioether (sulfide) groups is 1. The minimum atomic E-state index is -1.07. The Morgan fingerprint density at radius 1 is 1.11 bits per heavy atom. The van der Waals surface area contributed by atoms with E-state index in [1.54, 1.807) is 44.4 Å². The Labute approximate surface area is 166 Å². The number of rotatable bonds is 8. The smallest absolute Gasteiger partial charge is 0.342 e. The average Bonchev–Trinajstić information content (AvgIpc) is 3.12. The zero-order valence-corrected chi connectivity index (χ0v) is 16.1. The molecule has 0 aliphatic heterocycles. The molecule has 0 fully saturated rings. The number of hydrogen-bond acceptors (Lipinski definition) is 7. The quantitative estimate of drug-likeness (QED) is 0.446. The van der Waals surface area contributed by atoms with Crippen LogP contribution in [-0.4, -0.2) is 28.4 Å². The second-order valence-electron chi connectivity index (χ2n) is 5.71. The number of nitrogens with zero attached hydrogens (tertiary/aromatic N) is 2. The maximum absolute atomic E-state index is 11.5. The largest absolute Gasteiger partial charge is 0.497 e. The lowest BCUT2D eigenvalue weighted by atomic mass is 10.2. The van der Waals surface area contributed by atoms with E-state index in [0.29, 0.717) is 18.2 Å². The summed E-state index contributed by atoms with van der Waals surface area (Å²) in [5, 5.41) is 17.1. The lowest BCUT2D eigenvalue weighted by Crippen LogP contribution is -1.97. The van der Waals surface area contributed by atoms with Crippen LogP contribution < -0.4 is 9.47 Å². The van der Waals surface area contributed by atoms with Gasteiger partial charge in [0.05, 0.1) is 7.11 Å². The molecule has 1 aromatic heterocycles. The molecule has 0 saturated heterocycles. The van der Waals surface area contributed by atoms with Gasteiger partial charge in [-0.1, -0.05) is 24.3 Å². The molecular formula is C20H18N2O5S. The van der Waals surface area contributed by atoms with E-state index >= 15 is 0 Å². The fourth-order valence-corrected chi connectivity index (χ4v) is 2.96. The van der Waals surface area contributed by atoms with Crippen LogP contribution >= 0.6 is 11.8 Å². The van der Waals surface area contributed by atoms with E-state index in [0.717, 1.165) is 28.6 Å². The summed E-state index contributed by atoms with van der Waals surface area (Å²) in [6, 6.07) is 14.8. The third kappa shape index (κ3) is 5.37. The standard InChI is InChI=1S/C20H18N2O5S/c1-13-21-22-20(27-13)28-18(19(23)24)11-14-3-9-17(10-4-14)26-12-15-5-7-16(25-2)8-6-15/h3-11H,12H2,1-2H3,(H,23,24)/b18-11-. The highest BCUT2D eigenvalue weighted by molar-refractivity contribution is 8.03. The van der Waals surface area contributed by atoms with Crippen LogP contribution in [0.5, 0.6) is 11.5 Å². The van der Waals surface area contributed by atoms with Crippen molar-refractivity contribution in [3.63, 3.8) is 0 Å². The number of aryl methyl sites for hydroxylation is 1. The molecule has 0 aliphatic carbocycles. The second kappa shape index (κ2) is 9.09. The lowest BCUT2D eigenvalue weighted by Gasteiger charge is -2.07. The zero-order chi connectivity index (χ0) is 19.9. The molecule has 0 saturated carbocycles. The maximum Gasteiger partial charge on any atom is 0.342 e. The number of carbonyl (C=O) groups is 1. The topological polar surface area (TPSA) is 94.7 Å². The molecule has 0 atom stereocenters. The first-order valence-electron chi connectivity index (χ1n) is 8.32. The van der Waals surface area contributed by atoms with Crippen molar-refractivity contribution >= 4 is 23.8 Å². The number of carboxylic acid groups (broad SMARTS) is 1. The number of benzene rings is 2. The zero-order valence-electron chi connectivity index (χ0n) is 15.3. The Bertz CT molecular complexity index is 965. The number of aromatic nitrogens is 2. The molecule has 2 aromatic carbocycles. The van der Waals surface area contributed by atoms with Gasteiger partial charge in [0.1, 0.15) is 23.0 Å². The van der Waals surface area contributed by atoms with Crippen LogP contribution in [0.25, 0.3) is 6.08 Å². The predicted octanol–water partition coefficient (Wildman–Crippen LogP) is 4.18. The van der Waals surface area contributed by atoms with Gasteiger partial charge in [-0.2, -0.15) is 0 Å². The summed E-state index contributed by atoms with van der Waals surface area (Å²) in [6.07, 6.45) is 1.54. The van der Waals surface area contributed by atoms with Crippen LogP contribution in [0.15, 0.2) is 63.1 Å². The van der Waals surface area contributed by atoms with Crippen LogP contribution in [-0.2, 0) is 11.4 Å². The molecule has 8 heteroatoms. The number of carboxylic acids is 1. The van der Waals surface area contributed by atoms with Gasteiger partial charge in [-0.15, -0.1) is 10.2 Å². The summed E-state index contributed by atoms with van der Waals surface area (Å²) in [6.45, 7) is 2.07. The molecule has 1 heterocycles. The molecule has 0 unspecified atom stereocenters. The molecule has 1 N–H and O–H groups in total. The molecule has 0 spiro atoms. The van der Waals surface area contributed by atoms with Crippen molar-refractivity contribution in [2.45, 2.75) is 18.8 Å². The summed E-state index contributed by atoms with van der Waals surface area (Å²) >= 11 is 0.907. The van der Waals surface area contributed by atoms with Crippen LogP contribution in [0.2, 0.25) is 0 Å². The number of aliphatic carboxylic acids is 1. The normalized spacial score (nSPS) is 11.3. The Morgan fingerprint density at radius 2 is 1.79 bits per heavy atom. The molecule has 28 heavy (non-hydrogen) atoms. The molecule has 0 amide bonds. The molecule has 7 nitrogen and oxygen atoms in total. The monoisotopic (exact) mass is 398 g/mol. The van der Waals surface area contributed by atoms with Crippen LogP contribution in [0.1, 0.15) is 17.0 Å². The highest BCUT2D eigenvalue weighted by Gasteiger charge is 2.14. The Hall–Kier alpha value is -3.26. The van der Waals surface area contributed by atoms with Gasteiger partial charge < -0.3 is 19.0 Å². The van der Waals surface area contributed by atoms with E-state index in [1.165, 1.54) is 0 Å². The van der Waals surface area contributed by atoms with Gasteiger partial charge >= 0.3 is 5.97 Å². The summed E-state index contributed by atoms with van der Waals surface area (Å²) in [4.78, 5) is 11.6. The van der Waals surface area contributed by atoms with Gasteiger partial charge in [0, 0.05) is 6.92 Å². The SMILES string of the molecule is COc1ccc(COc2ccc(/C=C(\Sc3nnc(C)o3)C(=O)O)cc2)cc1. The van der Waals surface area contributed by atoms with Crippen molar-refractivity contribution in [1.29, 1.82) is 0 Å². The lowest BCUT2D eigenvalue weighted by molar-refractivity contribution is -0.131. The Morgan fingerprint density at radius 3 is 2.36 bits per heavy atom. The van der Waals surface area contributed by atoms with Crippen molar-refractivity contribution in [1.82, 2.24) is 10.2 Å². The fourth-order valence-electron chi connectivity index (χ4n) is 2.25. The summed E-state index contributed by atoms with van der Waals surface area (Å²) in [5.41, 5.74) is 1.74. The van der Waals surface area contributed by atoms with Crippen LogP contribution in [0.4, 0.5) is 0 Å². The third-order valence-electron chi connectivity index (χ3n) is 3.66. The molecule has 0 radical (unpaired) electrons. The van der Waals surface area contributed by atoms with Gasteiger partial charge in [0.15, 0.2) is 0 Å². The minimum absolute atomic E-state index is 0.0792.